The Bertz CT molecular complexity index is 620. The van der Waals surface area contributed by atoms with Crippen LogP contribution in [-0.2, 0) is 0 Å². The van der Waals surface area contributed by atoms with Gasteiger partial charge in [-0.1, -0.05) is 20.8 Å². The third-order valence-corrected chi connectivity index (χ3v) is 3.80. The summed E-state index contributed by atoms with van der Waals surface area (Å²) in [7, 11) is 0. The van der Waals surface area contributed by atoms with Crippen molar-refractivity contribution in [2.75, 3.05) is 0 Å². The normalized spacial score (nSPS) is 17.9. The average Bonchev–Trinajstić information content (AvgIpc) is 3.08. The molecule has 19 heavy (non-hydrogen) atoms. The van der Waals surface area contributed by atoms with Crippen LogP contribution in [0.2, 0.25) is 0 Å². The molecule has 0 saturated heterocycles. The molecule has 0 aliphatic heterocycles. The Morgan fingerprint density at radius 1 is 1.37 bits per heavy atom. The number of benzene rings is 1. The summed E-state index contributed by atoms with van der Waals surface area (Å²) in [4.78, 5) is 4.65. The molecular formula is C15H20FN3. The van der Waals surface area contributed by atoms with Crippen molar-refractivity contribution in [1.82, 2.24) is 9.55 Å². The largest absolute Gasteiger partial charge is 0.323 e. The monoisotopic (exact) mass is 261 g/mol. The minimum atomic E-state index is -0.217. The summed E-state index contributed by atoms with van der Waals surface area (Å²) < 4.78 is 15.6. The Balaban J connectivity index is 2.21. The van der Waals surface area contributed by atoms with Crippen molar-refractivity contribution in [3.05, 3.63) is 29.8 Å². The Morgan fingerprint density at radius 3 is 2.63 bits per heavy atom. The first-order valence-electron chi connectivity index (χ1n) is 6.81. The van der Waals surface area contributed by atoms with Gasteiger partial charge in [0.1, 0.15) is 11.6 Å². The van der Waals surface area contributed by atoms with Crippen molar-refractivity contribution < 1.29 is 4.39 Å². The third kappa shape index (κ3) is 2.14. The van der Waals surface area contributed by atoms with Crippen LogP contribution in [0.3, 0.4) is 0 Å². The second-order valence-electron chi connectivity index (χ2n) is 6.55. The van der Waals surface area contributed by atoms with Crippen molar-refractivity contribution >= 4 is 11.0 Å². The average molecular weight is 261 g/mol. The van der Waals surface area contributed by atoms with Gasteiger partial charge in [0.2, 0.25) is 0 Å². The van der Waals surface area contributed by atoms with Crippen LogP contribution >= 0.6 is 0 Å². The lowest BCUT2D eigenvalue weighted by atomic mass is 9.87. The van der Waals surface area contributed by atoms with Gasteiger partial charge >= 0.3 is 0 Å². The van der Waals surface area contributed by atoms with Gasteiger partial charge in [0.25, 0.3) is 0 Å². The van der Waals surface area contributed by atoms with E-state index in [1.807, 2.05) is 0 Å². The lowest BCUT2D eigenvalue weighted by molar-refractivity contribution is 0.308. The predicted molar refractivity (Wildman–Crippen MR) is 74.3 cm³/mol. The molecule has 1 fully saturated rings. The van der Waals surface area contributed by atoms with E-state index in [4.69, 9.17) is 5.73 Å². The molecule has 1 aliphatic carbocycles. The van der Waals surface area contributed by atoms with Gasteiger partial charge in [-0.25, -0.2) is 9.37 Å². The zero-order chi connectivity index (χ0) is 13.8. The maximum Gasteiger partial charge on any atom is 0.127 e. The second-order valence-corrected chi connectivity index (χ2v) is 6.55. The molecule has 0 bridgehead atoms. The minimum absolute atomic E-state index is 0.0629. The van der Waals surface area contributed by atoms with Gasteiger partial charge in [-0.05, 0) is 36.5 Å². The molecule has 1 aliphatic rings. The van der Waals surface area contributed by atoms with E-state index in [-0.39, 0.29) is 17.3 Å². The molecule has 3 nitrogen and oxygen atoms in total. The van der Waals surface area contributed by atoms with Crippen LogP contribution in [0.15, 0.2) is 18.2 Å². The Hall–Kier alpha value is -1.42. The summed E-state index contributed by atoms with van der Waals surface area (Å²) in [5.41, 5.74) is 8.01. The Morgan fingerprint density at radius 2 is 2.05 bits per heavy atom. The van der Waals surface area contributed by atoms with Crippen LogP contribution < -0.4 is 5.73 Å². The molecule has 1 aromatic carbocycles. The molecule has 0 radical (unpaired) electrons. The van der Waals surface area contributed by atoms with Crippen molar-refractivity contribution in [2.45, 2.75) is 45.7 Å². The Labute approximate surface area is 112 Å². The molecule has 102 valence electrons. The van der Waals surface area contributed by atoms with Crippen molar-refractivity contribution in [3.8, 4) is 0 Å². The number of rotatable bonds is 2. The molecule has 0 spiro atoms. The van der Waals surface area contributed by atoms with E-state index < -0.39 is 0 Å². The topological polar surface area (TPSA) is 43.8 Å². The zero-order valence-corrected chi connectivity index (χ0v) is 11.7. The van der Waals surface area contributed by atoms with E-state index in [0.717, 1.165) is 29.7 Å². The van der Waals surface area contributed by atoms with Gasteiger partial charge in [0, 0.05) is 6.04 Å². The Kier molecular flexibility index (Phi) is 2.68. The fourth-order valence-corrected chi connectivity index (χ4v) is 2.41. The highest BCUT2D eigenvalue weighted by molar-refractivity contribution is 5.76. The highest BCUT2D eigenvalue weighted by atomic mass is 19.1. The molecule has 0 amide bonds. The summed E-state index contributed by atoms with van der Waals surface area (Å²) in [5.74, 6) is 0.667. The maximum atomic E-state index is 13.5. The molecular weight excluding hydrogens is 241 g/mol. The number of hydrogen-bond acceptors (Lipinski definition) is 2. The van der Waals surface area contributed by atoms with Crippen molar-refractivity contribution in [1.29, 1.82) is 0 Å². The van der Waals surface area contributed by atoms with Crippen LogP contribution in [0, 0.1) is 11.2 Å². The summed E-state index contributed by atoms with van der Waals surface area (Å²) in [6.45, 7) is 6.32. The maximum absolute atomic E-state index is 13.5. The van der Waals surface area contributed by atoms with Crippen LogP contribution in [0.5, 0.6) is 0 Å². The fraction of sp³-hybridized carbons (Fsp3) is 0.533. The molecule has 1 unspecified atom stereocenters. The van der Waals surface area contributed by atoms with Crippen molar-refractivity contribution in [3.63, 3.8) is 0 Å². The highest BCUT2D eigenvalue weighted by Gasteiger charge is 2.33. The number of halogens is 1. The van der Waals surface area contributed by atoms with Gasteiger partial charge in [-0.15, -0.1) is 0 Å². The van der Waals surface area contributed by atoms with E-state index in [1.54, 1.807) is 12.1 Å². The molecule has 1 atom stereocenters. The van der Waals surface area contributed by atoms with E-state index in [1.165, 1.54) is 6.07 Å². The number of nitrogens with two attached hydrogens (primary N) is 1. The molecule has 1 saturated carbocycles. The van der Waals surface area contributed by atoms with Crippen molar-refractivity contribution in [2.24, 2.45) is 11.1 Å². The predicted octanol–water partition coefficient (Wildman–Crippen LogP) is 3.56. The van der Waals surface area contributed by atoms with Gasteiger partial charge in [0.15, 0.2) is 0 Å². The number of aromatic nitrogens is 2. The summed E-state index contributed by atoms with van der Waals surface area (Å²) in [6, 6.07) is 5.06. The molecule has 2 aromatic rings. The first kappa shape index (κ1) is 12.6. The summed E-state index contributed by atoms with van der Waals surface area (Å²) >= 11 is 0. The zero-order valence-electron chi connectivity index (χ0n) is 11.7. The van der Waals surface area contributed by atoms with Gasteiger partial charge in [-0.3, -0.25) is 0 Å². The second kappa shape index (κ2) is 4.04. The molecule has 3 rings (SSSR count). The lowest BCUT2D eigenvalue weighted by Gasteiger charge is -2.27. The number of hydrogen-bond donors (Lipinski definition) is 1. The SMILES string of the molecule is CC(C)(C)C(N)c1nc2ccc(F)cc2n1C1CC1. The fourth-order valence-electron chi connectivity index (χ4n) is 2.41. The first-order chi connectivity index (χ1) is 8.88. The van der Waals surface area contributed by atoms with E-state index >= 15 is 0 Å². The van der Waals surface area contributed by atoms with Gasteiger partial charge in [-0.2, -0.15) is 0 Å². The lowest BCUT2D eigenvalue weighted by Crippen LogP contribution is -2.29. The van der Waals surface area contributed by atoms with E-state index in [9.17, 15) is 4.39 Å². The third-order valence-electron chi connectivity index (χ3n) is 3.80. The van der Waals surface area contributed by atoms with E-state index in [2.05, 4.69) is 30.3 Å². The van der Waals surface area contributed by atoms with E-state index in [0.29, 0.717) is 6.04 Å². The van der Waals surface area contributed by atoms with Crippen LogP contribution in [0.1, 0.15) is 51.5 Å². The smallest absolute Gasteiger partial charge is 0.127 e. The van der Waals surface area contributed by atoms with Gasteiger partial charge < -0.3 is 10.3 Å². The summed E-state index contributed by atoms with van der Waals surface area (Å²) in [6.07, 6.45) is 2.26. The molecule has 1 aromatic heterocycles. The number of nitrogens with zero attached hydrogens (tertiary/aromatic N) is 2. The summed E-state index contributed by atoms with van der Waals surface area (Å²) in [5, 5.41) is 0. The molecule has 1 heterocycles. The number of imidazole rings is 1. The quantitative estimate of drug-likeness (QED) is 0.898. The van der Waals surface area contributed by atoms with Gasteiger partial charge in [0.05, 0.1) is 17.1 Å². The first-order valence-corrected chi connectivity index (χ1v) is 6.81. The van der Waals surface area contributed by atoms with Crippen LogP contribution in [-0.4, -0.2) is 9.55 Å². The highest BCUT2D eigenvalue weighted by Crippen LogP contribution is 2.42. The molecule has 4 heteroatoms. The number of fused-ring (bicyclic) bond motifs is 1. The molecule has 2 N–H and O–H groups in total. The van der Waals surface area contributed by atoms with Crippen LogP contribution in [0.25, 0.3) is 11.0 Å². The minimum Gasteiger partial charge on any atom is -0.323 e. The standard InChI is InChI=1S/C15H20FN3/c1-15(2,3)13(17)14-18-11-7-4-9(16)8-12(11)19(14)10-5-6-10/h4,7-8,10,13H,5-6,17H2,1-3H3. The van der Waals surface area contributed by atoms with Crippen LogP contribution in [0.4, 0.5) is 4.39 Å².